The Kier molecular flexibility index (Phi) is 7.69. The standard InChI is InChI=1S/C23H32N4O4/c1-24-14-20(28)16-31-21-4-2-3-18(12-21)23-25-19(11-17-5-8-30-15-17)13-22(26-23)27-6-9-29-10-7-27/h2-4,12-13,17,20,24,28H,5-11,14-16H2,1H3/t17-,20?/m0/s1. The van der Waals surface area contributed by atoms with Gasteiger partial charge in [-0.05, 0) is 37.9 Å². The summed E-state index contributed by atoms with van der Waals surface area (Å²) >= 11 is 0. The highest BCUT2D eigenvalue weighted by Gasteiger charge is 2.20. The first kappa shape index (κ1) is 22.0. The molecule has 0 spiro atoms. The van der Waals surface area contributed by atoms with Gasteiger partial charge in [-0.1, -0.05) is 12.1 Å². The van der Waals surface area contributed by atoms with Gasteiger partial charge in [-0.15, -0.1) is 0 Å². The van der Waals surface area contributed by atoms with Crippen molar-refractivity contribution in [1.82, 2.24) is 15.3 Å². The Labute approximate surface area is 183 Å². The summed E-state index contributed by atoms with van der Waals surface area (Å²) in [5.41, 5.74) is 1.94. The zero-order chi connectivity index (χ0) is 21.5. The van der Waals surface area contributed by atoms with E-state index in [-0.39, 0.29) is 6.61 Å². The van der Waals surface area contributed by atoms with Crippen LogP contribution in [0.3, 0.4) is 0 Å². The number of morpholine rings is 1. The van der Waals surface area contributed by atoms with Crippen LogP contribution in [0, 0.1) is 5.92 Å². The molecule has 31 heavy (non-hydrogen) atoms. The van der Waals surface area contributed by atoms with Crippen molar-refractivity contribution in [2.24, 2.45) is 5.92 Å². The monoisotopic (exact) mass is 428 g/mol. The second-order valence-corrected chi connectivity index (χ2v) is 8.12. The highest BCUT2D eigenvalue weighted by molar-refractivity contribution is 5.60. The molecule has 1 aromatic heterocycles. The Balaban J connectivity index is 1.57. The molecule has 0 saturated carbocycles. The van der Waals surface area contributed by atoms with Crippen LogP contribution in [0.25, 0.3) is 11.4 Å². The Morgan fingerprint density at radius 2 is 2.06 bits per heavy atom. The fourth-order valence-electron chi connectivity index (χ4n) is 3.92. The van der Waals surface area contributed by atoms with Crippen molar-refractivity contribution in [1.29, 1.82) is 0 Å². The van der Waals surface area contributed by atoms with Crippen molar-refractivity contribution >= 4 is 5.82 Å². The number of nitrogens with zero attached hydrogens (tertiary/aromatic N) is 3. The van der Waals surface area contributed by atoms with Crippen LogP contribution in [-0.4, -0.2) is 80.9 Å². The number of likely N-dealkylation sites (N-methyl/N-ethyl adjacent to an activating group) is 1. The Hall–Kier alpha value is -2.26. The first-order chi connectivity index (χ1) is 15.2. The van der Waals surface area contributed by atoms with Crippen molar-refractivity contribution in [3.63, 3.8) is 0 Å². The lowest BCUT2D eigenvalue weighted by atomic mass is 10.0. The minimum absolute atomic E-state index is 0.228. The average molecular weight is 429 g/mol. The van der Waals surface area contributed by atoms with Gasteiger partial charge < -0.3 is 29.5 Å². The van der Waals surface area contributed by atoms with Crippen molar-refractivity contribution < 1.29 is 19.3 Å². The number of hydrogen-bond acceptors (Lipinski definition) is 8. The Bertz CT molecular complexity index is 838. The number of aliphatic hydroxyl groups excluding tert-OH is 1. The minimum atomic E-state index is -0.560. The van der Waals surface area contributed by atoms with Gasteiger partial charge in [0.2, 0.25) is 0 Å². The van der Waals surface area contributed by atoms with E-state index < -0.39 is 6.10 Å². The first-order valence-electron chi connectivity index (χ1n) is 11.1. The maximum absolute atomic E-state index is 9.91. The predicted octanol–water partition coefficient (Wildman–Crippen LogP) is 1.52. The van der Waals surface area contributed by atoms with Gasteiger partial charge >= 0.3 is 0 Å². The minimum Gasteiger partial charge on any atom is -0.491 e. The summed E-state index contributed by atoms with van der Waals surface area (Å²) < 4.78 is 16.8. The highest BCUT2D eigenvalue weighted by Crippen LogP contribution is 2.26. The third-order valence-electron chi connectivity index (χ3n) is 5.60. The smallest absolute Gasteiger partial charge is 0.161 e. The molecule has 0 aliphatic carbocycles. The van der Waals surface area contributed by atoms with Crippen molar-refractivity contribution in [3.05, 3.63) is 36.0 Å². The molecule has 3 heterocycles. The third-order valence-corrected chi connectivity index (χ3v) is 5.60. The van der Waals surface area contributed by atoms with Gasteiger partial charge in [0.05, 0.1) is 13.2 Å². The maximum Gasteiger partial charge on any atom is 0.161 e. The van der Waals surface area contributed by atoms with Crippen LogP contribution in [0.1, 0.15) is 12.1 Å². The number of ether oxygens (including phenoxy) is 3. The van der Waals surface area contributed by atoms with E-state index in [1.807, 2.05) is 24.3 Å². The van der Waals surface area contributed by atoms with E-state index in [0.717, 1.165) is 56.2 Å². The second-order valence-electron chi connectivity index (χ2n) is 8.12. The molecule has 2 aliphatic heterocycles. The molecule has 8 heteroatoms. The quantitative estimate of drug-likeness (QED) is 0.622. The summed E-state index contributed by atoms with van der Waals surface area (Å²) in [4.78, 5) is 12.0. The molecular formula is C23H32N4O4. The van der Waals surface area contributed by atoms with Gasteiger partial charge in [-0.25, -0.2) is 9.97 Å². The fraction of sp³-hybridized carbons (Fsp3) is 0.565. The Morgan fingerprint density at radius 1 is 1.19 bits per heavy atom. The van der Waals surface area contributed by atoms with Gasteiger partial charge in [0.15, 0.2) is 5.82 Å². The van der Waals surface area contributed by atoms with E-state index in [9.17, 15) is 5.11 Å². The van der Waals surface area contributed by atoms with Crippen molar-refractivity contribution in [2.45, 2.75) is 18.9 Å². The van der Waals surface area contributed by atoms with Gasteiger partial charge in [0.1, 0.15) is 24.3 Å². The molecule has 2 atom stereocenters. The van der Waals surface area contributed by atoms with Crippen LogP contribution in [0.4, 0.5) is 5.82 Å². The zero-order valence-corrected chi connectivity index (χ0v) is 18.1. The molecule has 1 aromatic carbocycles. The fourth-order valence-corrected chi connectivity index (χ4v) is 3.92. The number of rotatable bonds is 9. The van der Waals surface area contributed by atoms with Crippen LogP contribution in [0.15, 0.2) is 30.3 Å². The van der Waals surface area contributed by atoms with E-state index in [4.69, 9.17) is 24.2 Å². The normalized spacial score (nSPS) is 20.1. The van der Waals surface area contributed by atoms with Crippen LogP contribution < -0.4 is 15.0 Å². The lowest BCUT2D eigenvalue weighted by Crippen LogP contribution is -2.37. The van der Waals surface area contributed by atoms with Gasteiger partial charge in [0, 0.05) is 50.2 Å². The number of aromatic nitrogens is 2. The maximum atomic E-state index is 9.91. The van der Waals surface area contributed by atoms with Crippen LogP contribution in [0.2, 0.25) is 0 Å². The molecular weight excluding hydrogens is 396 g/mol. The summed E-state index contributed by atoms with van der Waals surface area (Å²) in [6.45, 7) is 5.42. The van der Waals surface area contributed by atoms with Crippen molar-refractivity contribution in [2.75, 3.05) is 64.6 Å². The topological polar surface area (TPSA) is 89.0 Å². The molecule has 0 radical (unpaired) electrons. The number of nitrogens with one attached hydrogen (secondary N) is 1. The zero-order valence-electron chi connectivity index (χ0n) is 18.1. The number of hydrogen-bond donors (Lipinski definition) is 2. The summed E-state index contributed by atoms with van der Waals surface area (Å²) in [7, 11) is 1.80. The van der Waals surface area contributed by atoms with Gasteiger partial charge in [0.25, 0.3) is 0 Å². The summed E-state index contributed by atoms with van der Waals surface area (Å²) in [5.74, 6) is 2.83. The van der Waals surface area contributed by atoms with E-state index >= 15 is 0 Å². The first-order valence-corrected chi connectivity index (χ1v) is 11.1. The molecule has 0 amide bonds. The molecule has 8 nitrogen and oxygen atoms in total. The molecule has 2 saturated heterocycles. The number of aliphatic hydroxyl groups is 1. The molecule has 2 fully saturated rings. The van der Waals surface area contributed by atoms with Gasteiger partial charge in [-0.3, -0.25) is 0 Å². The lowest BCUT2D eigenvalue weighted by Gasteiger charge is -2.28. The van der Waals surface area contributed by atoms with Crippen LogP contribution in [0.5, 0.6) is 5.75 Å². The van der Waals surface area contributed by atoms with Crippen LogP contribution >= 0.6 is 0 Å². The molecule has 2 N–H and O–H groups in total. The average Bonchev–Trinajstić information content (AvgIpc) is 3.31. The summed E-state index contributed by atoms with van der Waals surface area (Å²) in [6, 6.07) is 9.87. The summed E-state index contributed by atoms with van der Waals surface area (Å²) in [6.07, 6.45) is 1.40. The number of anilines is 1. The van der Waals surface area contributed by atoms with Gasteiger partial charge in [-0.2, -0.15) is 0 Å². The molecule has 4 rings (SSSR count). The number of benzene rings is 1. The molecule has 2 aromatic rings. The third kappa shape index (κ3) is 6.13. The van der Waals surface area contributed by atoms with Crippen molar-refractivity contribution in [3.8, 4) is 17.1 Å². The second kappa shape index (κ2) is 10.9. The van der Waals surface area contributed by atoms with E-state index in [1.165, 1.54) is 0 Å². The van der Waals surface area contributed by atoms with E-state index in [2.05, 4.69) is 16.3 Å². The molecule has 1 unspecified atom stereocenters. The molecule has 0 bridgehead atoms. The SMILES string of the molecule is CNCC(O)COc1cccc(-c2nc(C[C@@H]3CCOC3)cc(N3CCOCC3)n2)c1. The van der Waals surface area contributed by atoms with E-state index in [0.29, 0.717) is 37.3 Å². The predicted molar refractivity (Wildman–Crippen MR) is 119 cm³/mol. The lowest BCUT2D eigenvalue weighted by molar-refractivity contribution is 0.108. The van der Waals surface area contributed by atoms with E-state index in [1.54, 1.807) is 7.05 Å². The molecule has 2 aliphatic rings. The Morgan fingerprint density at radius 3 is 2.84 bits per heavy atom. The largest absolute Gasteiger partial charge is 0.491 e. The summed E-state index contributed by atoms with van der Waals surface area (Å²) in [5, 5.41) is 12.9. The highest BCUT2D eigenvalue weighted by atomic mass is 16.5. The molecule has 168 valence electrons. The van der Waals surface area contributed by atoms with Crippen LogP contribution in [-0.2, 0) is 15.9 Å².